The molecule has 0 atom stereocenters. The van der Waals surface area contributed by atoms with Crippen molar-refractivity contribution >= 4 is 54.5 Å². The molecular formula is C10H8S5. The first-order valence-corrected chi connectivity index (χ1v) is 9.33. The number of hydrogen-bond donors (Lipinski definition) is 0. The molecule has 0 bridgehead atoms. The van der Waals surface area contributed by atoms with E-state index < -0.39 is 0 Å². The van der Waals surface area contributed by atoms with Crippen molar-refractivity contribution in [3.05, 3.63) is 34.2 Å². The standard InChI is InChI=1S/C10H8S5/c1-12-14-10-8(9(11)13-15-10)7-5-3-2-4-6-7/h2-6H,1H3. The summed E-state index contributed by atoms with van der Waals surface area (Å²) in [7, 11) is 7.02. The van der Waals surface area contributed by atoms with Gasteiger partial charge in [0.1, 0.15) is 3.82 Å². The average molecular weight is 289 g/mol. The van der Waals surface area contributed by atoms with Crippen molar-refractivity contribution in [3.63, 3.8) is 0 Å². The number of rotatable bonds is 3. The predicted molar refractivity (Wildman–Crippen MR) is 77.8 cm³/mol. The molecule has 1 aromatic carbocycles. The Bertz CT molecular complexity index is 482. The van der Waals surface area contributed by atoms with E-state index in [1.807, 2.05) is 6.07 Å². The zero-order valence-electron chi connectivity index (χ0n) is 7.93. The van der Waals surface area contributed by atoms with Crippen molar-refractivity contribution in [2.45, 2.75) is 4.21 Å². The van der Waals surface area contributed by atoms with Crippen molar-refractivity contribution in [1.29, 1.82) is 0 Å². The molecular weight excluding hydrogens is 280 g/mol. The SMILES string of the molecule is CSSc1ssc(=S)c1-c1ccccc1. The van der Waals surface area contributed by atoms with Crippen LogP contribution in [0.4, 0.5) is 0 Å². The molecule has 0 aliphatic rings. The van der Waals surface area contributed by atoms with Crippen LogP contribution in [0.15, 0.2) is 34.5 Å². The van der Waals surface area contributed by atoms with Gasteiger partial charge in [0, 0.05) is 5.56 Å². The Labute approximate surface area is 110 Å². The minimum atomic E-state index is 1.00. The summed E-state index contributed by atoms with van der Waals surface area (Å²) >= 11 is 5.38. The molecule has 0 aliphatic heterocycles. The molecule has 2 rings (SSSR count). The third-order valence-corrected chi connectivity index (χ3v) is 7.29. The van der Waals surface area contributed by atoms with Gasteiger partial charge < -0.3 is 0 Å². The lowest BCUT2D eigenvalue weighted by Crippen LogP contribution is -1.74. The minimum Gasteiger partial charge on any atom is -0.0915 e. The molecule has 78 valence electrons. The molecule has 0 nitrogen and oxygen atoms in total. The van der Waals surface area contributed by atoms with Gasteiger partial charge in [-0.15, -0.1) is 0 Å². The molecule has 15 heavy (non-hydrogen) atoms. The van der Waals surface area contributed by atoms with Gasteiger partial charge in [-0.05, 0) is 22.6 Å². The highest BCUT2D eigenvalue weighted by Crippen LogP contribution is 2.44. The quantitative estimate of drug-likeness (QED) is 0.535. The fourth-order valence-corrected chi connectivity index (χ4v) is 6.90. The summed E-state index contributed by atoms with van der Waals surface area (Å²) in [4.78, 5) is 0. The van der Waals surface area contributed by atoms with Crippen LogP contribution in [0, 0.1) is 3.82 Å². The maximum Gasteiger partial charge on any atom is 0.110 e. The van der Waals surface area contributed by atoms with E-state index in [1.54, 1.807) is 42.3 Å². The fourth-order valence-electron chi connectivity index (χ4n) is 1.21. The molecule has 0 saturated heterocycles. The lowest BCUT2D eigenvalue weighted by molar-refractivity contribution is 1.61. The topological polar surface area (TPSA) is 0 Å². The second kappa shape index (κ2) is 5.50. The third kappa shape index (κ3) is 2.65. The van der Waals surface area contributed by atoms with Gasteiger partial charge in [0.15, 0.2) is 0 Å². The second-order valence-corrected chi connectivity index (χ2v) is 8.22. The highest BCUT2D eigenvalue weighted by Gasteiger charge is 2.10. The van der Waals surface area contributed by atoms with E-state index in [0.717, 1.165) is 3.82 Å². The van der Waals surface area contributed by atoms with Gasteiger partial charge in [0.2, 0.25) is 0 Å². The summed E-state index contributed by atoms with van der Waals surface area (Å²) in [6.07, 6.45) is 2.09. The maximum atomic E-state index is 5.38. The lowest BCUT2D eigenvalue weighted by Gasteiger charge is -2.00. The van der Waals surface area contributed by atoms with E-state index in [4.69, 9.17) is 12.2 Å². The Morgan fingerprint density at radius 1 is 1.13 bits per heavy atom. The number of benzene rings is 1. The Morgan fingerprint density at radius 3 is 2.53 bits per heavy atom. The normalized spacial score (nSPS) is 10.5. The first-order valence-electron chi connectivity index (χ1n) is 4.22. The zero-order chi connectivity index (χ0) is 10.7. The molecule has 0 fully saturated rings. The van der Waals surface area contributed by atoms with Gasteiger partial charge in [-0.2, -0.15) is 0 Å². The van der Waals surface area contributed by atoms with Crippen LogP contribution >= 0.6 is 54.5 Å². The molecule has 0 saturated carbocycles. The van der Waals surface area contributed by atoms with Crippen molar-refractivity contribution in [2.75, 3.05) is 6.26 Å². The van der Waals surface area contributed by atoms with E-state index in [9.17, 15) is 0 Å². The Kier molecular flexibility index (Phi) is 4.28. The third-order valence-electron chi connectivity index (χ3n) is 1.82. The molecule has 0 radical (unpaired) electrons. The van der Waals surface area contributed by atoms with E-state index in [2.05, 4.69) is 30.5 Å². The fraction of sp³-hybridized carbons (Fsp3) is 0.100. The van der Waals surface area contributed by atoms with Crippen molar-refractivity contribution < 1.29 is 0 Å². The van der Waals surface area contributed by atoms with Crippen molar-refractivity contribution in [2.24, 2.45) is 0 Å². The molecule has 1 aromatic heterocycles. The van der Waals surface area contributed by atoms with Crippen LogP contribution in [-0.4, -0.2) is 6.26 Å². The first kappa shape index (κ1) is 11.7. The summed E-state index contributed by atoms with van der Waals surface area (Å²) in [6, 6.07) is 10.4. The first-order chi connectivity index (χ1) is 7.33. The summed E-state index contributed by atoms with van der Waals surface area (Å²) in [6.45, 7) is 0. The average Bonchev–Trinajstić information content (AvgIpc) is 2.62. The summed E-state index contributed by atoms with van der Waals surface area (Å²) in [5.74, 6) is 0. The molecule has 0 spiro atoms. The van der Waals surface area contributed by atoms with Gasteiger partial charge in [-0.25, -0.2) is 0 Å². The second-order valence-electron chi connectivity index (χ2n) is 2.73. The molecule has 0 N–H and O–H groups in total. The molecule has 2 aromatic rings. The van der Waals surface area contributed by atoms with Crippen LogP contribution in [0.2, 0.25) is 0 Å². The van der Waals surface area contributed by atoms with E-state index >= 15 is 0 Å². The van der Waals surface area contributed by atoms with E-state index in [0.29, 0.717) is 0 Å². The maximum absolute atomic E-state index is 5.38. The highest BCUT2D eigenvalue weighted by molar-refractivity contribution is 8.77. The van der Waals surface area contributed by atoms with Gasteiger partial charge in [-0.1, -0.05) is 74.0 Å². The lowest BCUT2D eigenvalue weighted by atomic mass is 10.1. The molecule has 0 aliphatic carbocycles. The largest absolute Gasteiger partial charge is 0.110 e. The van der Waals surface area contributed by atoms with Crippen LogP contribution < -0.4 is 0 Å². The molecule has 5 heteroatoms. The smallest absolute Gasteiger partial charge is 0.0915 e. The minimum absolute atomic E-state index is 1.00. The van der Waals surface area contributed by atoms with Gasteiger partial charge in [-0.3, -0.25) is 0 Å². The van der Waals surface area contributed by atoms with Crippen LogP contribution in [-0.2, 0) is 0 Å². The van der Waals surface area contributed by atoms with Crippen molar-refractivity contribution in [1.82, 2.24) is 0 Å². The van der Waals surface area contributed by atoms with Crippen LogP contribution in [0.1, 0.15) is 0 Å². The van der Waals surface area contributed by atoms with Crippen LogP contribution in [0.25, 0.3) is 11.1 Å². The van der Waals surface area contributed by atoms with Crippen LogP contribution in [0.5, 0.6) is 0 Å². The van der Waals surface area contributed by atoms with Gasteiger partial charge in [0.05, 0.1) is 4.21 Å². The molecule has 1 heterocycles. The summed E-state index contributed by atoms with van der Waals surface area (Å²) in [5, 5.41) is 0. The van der Waals surface area contributed by atoms with Crippen molar-refractivity contribution in [3.8, 4) is 11.1 Å². The van der Waals surface area contributed by atoms with Crippen LogP contribution in [0.3, 0.4) is 0 Å². The zero-order valence-corrected chi connectivity index (χ0v) is 12.0. The molecule has 0 unspecified atom stereocenters. The van der Waals surface area contributed by atoms with Gasteiger partial charge in [0.25, 0.3) is 0 Å². The number of hydrogen-bond acceptors (Lipinski definition) is 5. The van der Waals surface area contributed by atoms with E-state index in [-0.39, 0.29) is 0 Å². The Morgan fingerprint density at radius 2 is 1.87 bits per heavy atom. The Balaban J connectivity index is 2.52. The Hall–Kier alpha value is 0.190. The summed E-state index contributed by atoms with van der Waals surface area (Å²) < 4.78 is 2.33. The molecule has 0 amide bonds. The monoisotopic (exact) mass is 288 g/mol. The predicted octanol–water partition coefficient (Wildman–Crippen LogP) is 5.58. The van der Waals surface area contributed by atoms with Gasteiger partial charge >= 0.3 is 0 Å². The highest BCUT2D eigenvalue weighted by atomic mass is 33.1. The summed E-state index contributed by atoms with van der Waals surface area (Å²) in [5.41, 5.74) is 2.47. The van der Waals surface area contributed by atoms with E-state index in [1.165, 1.54) is 15.3 Å².